The van der Waals surface area contributed by atoms with E-state index in [1.807, 2.05) is 45.0 Å². The van der Waals surface area contributed by atoms with Crippen molar-refractivity contribution in [1.29, 1.82) is 0 Å². The molecule has 0 saturated heterocycles. The molecule has 0 spiro atoms. The maximum Gasteiger partial charge on any atom is 0.209 e. The van der Waals surface area contributed by atoms with E-state index in [0.29, 0.717) is 12.4 Å². The summed E-state index contributed by atoms with van der Waals surface area (Å²) in [4.78, 5) is 0. The molecule has 1 aromatic heterocycles. The molecule has 7 heteroatoms. The number of hydrogen-bond acceptors (Lipinski definition) is 5. The van der Waals surface area contributed by atoms with Crippen LogP contribution in [-0.4, -0.2) is 37.0 Å². The minimum Gasteiger partial charge on any atom is -0.366 e. The zero-order chi connectivity index (χ0) is 15.7. The number of benzene rings is 1. The highest BCUT2D eigenvalue weighted by Gasteiger charge is 2.22. The lowest BCUT2D eigenvalue weighted by Gasteiger charge is -2.25. The summed E-state index contributed by atoms with van der Waals surface area (Å²) in [6.45, 7) is 5.94. The molecule has 0 aliphatic rings. The van der Waals surface area contributed by atoms with Crippen LogP contribution in [0.15, 0.2) is 24.3 Å². The fourth-order valence-electron chi connectivity index (χ4n) is 2.21. The fraction of sp³-hybridized carbons (Fsp3) is 0.429. The predicted molar refractivity (Wildman–Crippen MR) is 84.8 cm³/mol. The third-order valence-corrected chi connectivity index (χ3v) is 3.95. The van der Waals surface area contributed by atoms with Gasteiger partial charge in [-0.15, -0.1) is 5.10 Å². The molecule has 0 bridgehead atoms. The highest BCUT2D eigenvalue weighted by molar-refractivity contribution is 7.88. The lowest BCUT2D eigenvalue weighted by atomic mass is 10.1. The van der Waals surface area contributed by atoms with Gasteiger partial charge >= 0.3 is 0 Å². The number of nitrogens with zero attached hydrogens (tertiary/aromatic N) is 2. The molecule has 0 aliphatic carbocycles. The fourth-order valence-corrected chi connectivity index (χ4v) is 3.29. The van der Waals surface area contributed by atoms with E-state index >= 15 is 0 Å². The van der Waals surface area contributed by atoms with Crippen LogP contribution in [0.3, 0.4) is 0 Å². The smallest absolute Gasteiger partial charge is 0.209 e. The first-order chi connectivity index (χ1) is 9.68. The molecule has 0 aliphatic heterocycles. The molecule has 0 fully saturated rings. The second kappa shape index (κ2) is 5.57. The van der Waals surface area contributed by atoms with Gasteiger partial charge in [0.05, 0.1) is 11.9 Å². The number of rotatable bonds is 5. The third kappa shape index (κ3) is 4.12. The Morgan fingerprint density at radius 3 is 2.38 bits per heavy atom. The third-order valence-electron chi connectivity index (χ3n) is 3.03. The number of aryl methyl sites for hydroxylation is 1. The number of aromatic nitrogens is 2. The highest BCUT2D eigenvalue weighted by atomic mass is 32.2. The molecule has 2 N–H and O–H groups in total. The highest BCUT2D eigenvalue weighted by Crippen LogP contribution is 2.22. The Kier molecular flexibility index (Phi) is 4.15. The van der Waals surface area contributed by atoms with Crippen molar-refractivity contribution in [2.75, 3.05) is 18.1 Å². The van der Waals surface area contributed by atoms with E-state index in [-0.39, 0.29) is 0 Å². The molecule has 1 heterocycles. The average molecular weight is 308 g/mol. The molecule has 2 rings (SSSR count). The largest absolute Gasteiger partial charge is 0.366 e. The molecule has 2 aromatic rings. The summed E-state index contributed by atoms with van der Waals surface area (Å²) < 4.78 is 25.3. The summed E-state index contributed by atoms with van der Waals surface area (Å²) in [7, 11) is -3.26. The topological polar surface area (TPSA) is 84.0 Å². The van der Waals surface area contributed by atoms with E-state index in [2.05, 4.69) is 20.2 Å². The van der Waals surface area contributed by atoms with Crippen molar-refractivity contribution in [1.82, 2.24) is 14.9 Å². The van der Waals surface area contributed by atoms with Crippen molar-refractivity contribution in [2.24, 2.45) is 0 Å². The Morgan fingerprint density at radius 1 is 1.14 bits per heavy atom. The van der Waals surface area contributed by atoms with Crippen LogP contribution in [0.25, 0.3) is 10.8 Å². The first-order valence-corrected chi connectivity index (χ1v) is 8.52. The van der Waals surface area contributed by atoms with Gasteiger partial charge in [-0.1, -0.05) is 24.3 Å². The Labute approximate surface area is 125 Å². The van der Waals surface area contributed by atoms with Crippen LogP contribution in [0.2, 0.25) is 0 Å². The van der Waals surface area contributed by atoms with Crippen LogP contribution < -0.4 is 10.0 Å². The Morgan fingerprint density at radius 2 is 1.76 bits per heavy atom. The second-order valence-electron chi connectivity index (χ2n) is 5.79. The van der Waals surface area contributed by atoms with Crippen LogP contribution >= 0.6 is 0 Å². The quantitative estimate of drug-likeness (QED) is 0.878. The van der Waals surface area contributed by atoms with Crippen LogP contribution in [0, 0.1) is 6.92 Å². The molecule has 0 radical (unpaired) electrons. The van der Waals surface area contributed by atoms with E-state index in [1.165, 1.54) is 0 Å². The number of hydrogen-bond donors (Lipinski definition) is 2. The molecule has 114 valence electrons. The molecule has 0 amide bonds. The van der Waals surface area contributed by atoms with Crippen LogP contribution in [0.4, 0.5) is 5.82 Å². The molecule has 6 nitrogen and oxygen atoms in total. The average Bonchev–Trinajstić information content (AvgIpc) is 2.35. The van der Waals surface area contributed by atoms with E-state index < -0.39 is 15.6 Å². The number of sulfonamides is 1. The van der Waals surface area contributed by atoms with E-state index in [9.17, 15) is 8.42 Å². The number of fused-ring (bicyclic) bond motifs is 1. The zero-order valence-electron chi connectivity index (χ0n) is 12.6. The zero-order valence-corrected chi connectivity index (χ0v) is 13.5. The summed E-state index contributed by atoms with van der Waals surface area (Å²) in [5.74, 6) is 0.652. The summed E-state index contributed by atoms with van der Waals surface area (Å²) in [6.07, 6.45) is 1.15. The summed E-state index contributed by atoms with van der Waals surface area (Å²) in [6, 6.07) is 7.85. The maximum absolute atomic E-state index is 11.3. The Bertz CT molecular complexity index is 757. The van der Waals surface area contributed by atoms with Gasteiger partial charge in [-0.2, -0.15) is 5.10 Å². The molecule has 0 unspecified atom stereocenters. The Hall–Kier alpha value is -1.73. The normalized spacial score (nSPS) is 12.6. The van der Waals surface area contributed by atoms with Crippen LogP contribution in [0.1, 0.15) is 19.5 Å². The van der Waals surface area contributed by atoms with Crippen LogP contribution in [-0.2, 0) is 10.0 Å². The minimum absolute atomic E-state index is 0.405. The van der Waals surface area contributed by atoms with Gasteiger partial charge in [0.2, 0.25) is 10.0 Å². The van der Waals surface area contributed by atoms with Crippen molar-refractivity contribution in [3.05, 3.63) is 30.0 Å². The molecule has 1 aromatic carbocycles. The van der Waals surface area contributed by atoms with Gasteiger partial charge in [-0.25, -0.2) is 13.1 Å². The second-order valence-corrected chi connectivity index (χ2v) is 7.54. The van der Waals surface area contributed by atoms with Crippen molar-refractivity contribution in [3.8, 4) is 0 Å². The van der Waals surface area contributed by atoms with Crippen molar-refractivity contribution >= 4 is 26.6 Å². The monoisotopic (exact) mass is 308 g/mol. The maximum atomic E-state index is 11.3. The first-order valence-electron chi connectivity index (χ1n) is 6.63. The van der Waals surface area contributed by atoms with Crippen molar-refractivity contribution in [2.45, 2.75) is 26.3 Å². The predicted octanol–water partition coefficient (Wildman–Crippen LogP) is 1.68. The summed E-state index contributed by atoms with van der Waals surface area (Å²) >= 11 is 0. The first kappa shape index (κ1) is 15.7. The molecular weight excluding hydrogens is 288 g/mol. The molecular formula is C14H20N4O2S. The van der Waals surface area contributed by atoms with Gasteiger partial charge in [-0.3, -0.25) is 0 Å². The van der Waals surface area contributed by atoms with Crippen molar-refractivity contribution in [3.63, 3.8) is 0 Å². The lowest BCUT2D eigenvalue weighted by molar-refractivity contribution is 0.476. The summed E-state index contributed by atoms with van der Waals surface area (Å²) in [5.41, 5.74) is 0.242. The van der Waals surface area contributed by atoms with E-state index in [4.69, 9.17) is 0 Å². The number of nitrogens with one attached hydrogen (secondary N) is 2. The molecule has 0 saturated carbocycles. The van der Waals surface area contributed by atoms with Gasteiger partial charge in [-0.05, 0) is 20.8 Å². The van der Waals surface area contributed by atoms with Crippen LogP contribution in [0.5, 0.6) is 0 Å². The van der Waals surface area contributed by atoms with Gasteiger partial charge < -0.3 is 5.32 Å². The van der Waals surface area contributed by atoms with E-state index in [1.54, 1.807) is 0 Å². The van der Waals surface area contributed by atoms with E-state index in [0.717, 1.165) is 22.7 Å². The number of anilines is 1. The molecule has 0 atom stereocenters. The standard InChI is InChI=1S/C14H20N4O2S/c1-10-11-7-5-6-8-12(11)13(17-16-10)15-9-14(2,3)18-21(4,19)20/h5-8,18H,9H2,1-4H3,(H,15,17). The van der Waals surface area contributed by atoms with Gasteiger partial charge in [0.15, 0.2) is 5.82 Å². The minimum atomic E-state index is -3.26. The van der Waals surface area contributed by atoms with Gasteiger partial charge in [0.25, 0.3) is 0 Å². The van der Waals surface area contributed by atoms with Crippen molar-refractivity contribution < 1.29 is 8.42 Å². The SMILES string of the molecule is Cc1nnc(NCC(C)(C)NS(C)(=O)=O)c2ccccc12. The summed E-state index contributed by atoms with van der Waals surface area (Å²) in [5, 5.41) is 13.5. The van der Waals surface area contributed by atoms with Gasteiger partial charge in [0, 0.05) is 22.9 Å². The Balaban J connectivity index is 2.23. The lowest BCUT2D eigenvalue weighted by Crippen LogP contribution is -2.47. The van der Waals surface area contributed by atoms with Gasteiger partial charge in [0.1, 0.15) is 0 Å². The molecule has 21 heavy (non-hydrogen) atoms.